The molecule has 9 rings (SSSR count). The van der Waals surface area contributed by atoms with Gasteiger partial charge in [0, 0.05) is 5.69 Å². The molecule has 0 bridgehead atoms. The molecular formula is C45H40N2. The smallest absolute Gasteiger partial charge is 0.132 e. The zero-order chi connectivity index (χ0) is 31.5. The predicted octanol–water partition coefficient (Wildman–Crippen LogP) is 11.2. The van der Waals surface area contributed by atoms with Gasteiger partial charge in [0.2, 0.25) is 0 Å². The highest BCUT2D eigenvalue weighted by molar-refractivity contribution is 6.20. The molecule has 0 saturated carbocycles. The van der Waals surface area contributed by atoms with Crippen molar-refractivity contribution < 1.29 is 0 Å². The van der Waals surface area contributed by atoms with E-state index >= 15 is 0 Å². The Balaban J connectivity index is 1.18. The summed E-state index contributed by atoms with van der Waals surface area (Å²) in [5.41, 5.74) is 10.8. The standard InChI is InChI=1S/C45H40N2/c1-29-19-26-41-42(27-29)47(45(46-41)36-14-6-3-11-30(36)2)35-24-22-32(23-25-35)43-37-15-7-9-17-39(37)44(40-18-10-8-16-38(40)43)34-21-20-31-12-4-5-13-33(31)28-34/h3-10,12-19,22-26,28-30,41-42H,11,20-21,27H2,1-2H3. The van der Waals surface area contributed by atoms with Gasteiger partial charge in [-0.3, -0.25) is 4.99 Å². The van der Waals surface area contributed by atoms with Crippen molar-refractivity contribution in [3.8, 4) is 11.1 Å². The molecule has 5 aromatic carbocycles. The van der Waals surface area contributed by atoms with Crippen molar-refractivity contribution in [2.24, 2.45) is 16.8 Å². The summed E-state index contributed by atoms with van der Waals surface area (Å²) in [6, 6.07) is 36.9. The van der Waals surface area contributed by atoms with Crippen LogP contribution in [0.2, 0.25) is 0 Å². The number of aliphatic imine (C=N–C) groups is 1. The number of anilines is 1. The normalized spacial score (nSPS) is 23.4. The Morgan fingerprint density at radius 1 is 0.702 bits per heavy atom. The van der Waals surface area contributed by atoms with Crippen LogP contribution in [-0.4, -0.2) is 17.9 Å². The molecule has 2 nitrogen and oxygen atoms in total. The van der Waals surface area contributed by atoms with E-state index in [-0.39, 0.29) is 6.04 Å². The molecule has 4 aliphatic rings. The highest BCUT2D eigenvalue weighted by atomic mass is 15.3. The maximum Gasteiger partial charge on any atom is 0.132 e. The lowest BCUT2D eigenvalue weighted by Gasteiger charge is -2.35. The van der Waals surface area contributed by atoms with E-state index < -0.39 is 0 Å². The molecule has 5 aromatic rings. The van der Waals surface area contributed by atoms with E-state index in [1.54, 1.807) is 0 Å². The quantitative estimate of drug-likeness (QED) is 0.146. The summed E-state index contributed by atoms with van der Waals surface area (Å²) in [7, 11) is 0. The molecule has 0 aromatic heterocycles. The summed E-state index contributed by atoms with van der Waals surface area (Å²) < 4.78 is 0. The van der Waals surface area contributed by atoms with Gasteiger partial charge >= 0.3 is 0 Å². The molecule has 3 aliphatic carbocycles. The van der Waals surface area contributed by atoms with Gasteiger partial charge in [-0.1, -0.05) is 135 Å². The molecule has 4 atom stereocenters. The van der Waals surface area contributed by atoms with E-state index in [1.165, 1.54) is 66.2 Å². The summed E-state index contributed by atoms with van der Waals surface area (Å²) in [6.45, 7) is 4.67. The van der Waals surface area contributed by atoms with Crippen molar-refractivity contribution in [3.05, 3.63) is 150 Å². The van der Waals surface area contributed by atoms with Crippen LogP contribution in [0.3, 0.4) is 0 Å². The molecule has 47 heavy (non-hydrogen) atoms. The third-order valence-electron chi connectivity index (χ3n) is 10.9. The predicted molar refractivity (Wildman–Crippen MR) is 201 cm³/mol. The SMILES string of the molecule is CC1C=CC2N=C(C3=CC=CCC3C)N(c3ccc(-c4c5ccccc5c(C5=Cc6ccccc6CC5)c5ccccc45)cc3)C2C1. The van der Waals surface area contributed by atoms with Gasteiger partial charge < -0.3 is 4.90 Å². The molecule has 1 heterocycles. The highest BCUT2D eigenvalue weighted by Crippen LogP contribution is 2.45. The average molecular weight is 609 g/mol. The zero-order valence-corrected chi connectivity index (χ0v) is 27.2. The Morgan fingerprint density at radius 2 is 1.38 bits per heavy atom. The highest BCUT2D eigenvalue weighted by Gasteiger charge is 2.40. The second-order valence-corrected chi connectivity index (χ2v) is 13.9. The van der Waals surface area contributed by atoms with Crippen molar-refractivity contribution in [2.45, 2.75) is 51.6 Å². The Kier molecular flexibility index (Phi) is 6.85. The van der Waals surface area contributed by atoms with Crippen LogP contribution < -0.4 is 4.90 Å². The molecule has 4 unspecified atom stereocenters. The first-order valence-corrected chi connectivity index (χ1v) is 17.4. The number of aryl methyl sites for hydroxylation is 1. The molecule has 0 radical (unpaired) electrons. The summed E-state index contributed by atoms with van der Waals surface area (Å²) in [5.74, 6) is 2.17. The molecular weight excluding hydrogens is 569 g/mol. The summed E-state index contributed by atoms with van der Waals surface area (Å²) in [4.78, 5) is 7.91. The van der Waals surface area contributed by atoms with Crippen LogP contribution in [0.4, 0.5) is 5.69 Å². The minimum Gasteiger partial charge on any atom is -0.321 e. The third kappa shape index (κ3) is 4.73. The number of hydrogen-bond donors (Lipinski definition) is 0. The summed E-state index contributed by atoms with van der Waals surface area (Å²) in [6.07, 6.45) is 18.2. The lowest BCUT2D eigenvalue weighted by molar-refractivity contribution is 0.487. The van der Waals surface area contributed by atoms with Gasteiger partial charge in [-0.25, -0.2) is 0 Å². The van der Waals surface area contributed by atoms with Crippen molar-refractivity contribution in [1.29, 1.82) is 0 Å². The Morgan fingerprint density at radius 3 is 2.11 bits per heavy atom. The number of hydrogen-bond acceptors (Lipinski definition) is 2. The van der Waals surface area contributed by atoms with Crippen molar-refractivity contribution in [1.82, 2.24) is 0 Å². The van der Waals surface area contributed by atoms with Gasteiger partial charge in [-0.05, 0) is 110 Å². The van der Waals surface area contributed by atoms with E-state index in [1.807, 2.05) is 0 Å². The first-order chi connectivity index (χ1) is 23.1. The van der Waals surface area contributed by atoms with Gasteiger partial charge in [-0.2, -0.15) is 0 Å². The van der Waals surface area contributed by atoms with Gasteiger partial charge in [0.15, 0.2) is 0 Å². The average Bonchev–Trinajstić information content (AvgIpc) is 3.49. The summed E-state index contributed by atoms with van der Waals surface area (Å²) in [5, 5.41) is 5.30. The number of nitrogens with zero attached hydrogens (tertiary/aromatic N) is 2. The molecule has 0 N–H and O–H groups in total. The first-order valence-electron chi connectivity index (χ1n) is 17.4. The van der Waals surface area contributed by atoms with Crippen LogP contribution in [0.5, 0.6) is 0 Å². The van der Waals surface area contributed by atoms with Crippen molar-refractivity contribution in [3.63, 3.8) is 0 Å². The van der Waals surface area contributed by atoms with Crippen molar-refractivity contribution >= 4 is 44.7 Å². The molecule has 0 amide bonds. The largest absolute Gasteiger partial charge is 0.321 e. The van der Waals surface area contributed by atoms with Crippen LogP contribution in [0.1, 0.15) is 49.8 Å². The fourth-order valence-electron chi connectivity index (χ4n) is 8.55. The minimum absolute atomic E-state index is 0.210. The number of fused-ring (bicyclic) bond motifs is 4. The molecule has 0 fully saturated rings. The van der Waals surface area contributed by atoms with Crippen LogP contribution in [-0.2, 0) is 6.42 Å². The number of benzene rings is 5. The monoisotopic (exact) mass is 608 g/mol. The van der Waals surface area contributed by atoms with Crippen LogP contribution in [0, 0.1) is 11.8 Å². The van der Waals surface area contributed by atoms with Gasteiger partial charge in [0.25, 0.3) is 0 Å². The zero-order valence-electron chi connectivity index (χ0n) is 27.2. The second kappa shape index (κ2) is 11.4. The Bertz CT molecular complexity index is 2130. The lowest BCUT2D eigenvalue weighted by Crippen LogP contribution is -2.43. The van der Waals surface area contributed by atoms with Crippen molar-refractivity contribution in [2.75, 3.05) is 4.90 Å². The third-order valence-corrected chi connectivity index (χ3v) is 10.9. The molecule has 0 spiro atoms. The lowest BCUT2D eigenvalue weighted by atomic mass is 9.82. The van der Waals surface area contributed by atoms with Gasteiger partial charge in [0.05, 0.1) is 12.1 Å². The molecule has 230 valence electrons. The molecule has 2 heteroatoms. The van der Waals surface area contributed by atoms with E-state index in [0.29, 0.717) is 17.9 Å². The molecule has 0 saturated heterocycles. The van der Waals surface area contributed by atoms with E-state index in [4.69, 9.17) is 4.99 Å². The van der Waals surface area contributed by atoms with E-state index in [2.05, 4.69) is 152 Å². The molecule has 1 aliphatic heterocycles. The van der Waals surface area contributed by atoms with E-state index in [9.17, 15) is 0 Å². The second-order valence-electron chi connectivity index (χ2n) is 13.9. The number of rotatable bonds is 4. The maximum absolute atomic E-state index is 5.36. The van der Waals surface area contributed by atoms with Crippen LogP contribution in [0.15, 0.2) is 138 Å². The van der Waals surface area contributed by atoms with Crippen LogP contribution >= 0.6 is 0 Å². The van der Waals surface area contributed by atoms with Crippen LogP contribution in [0.25, 0.3) is 44.3 Å². The summed E-state index contributed by atoms with van der Waals surface area (Å²) >= 11 is 0. The topological polar surface area (TPSA) is 15.6 Å². The van der Waals surface area contributed by atoms with Gasteiger partial charge in [-0.15, -0.1) is 0 Å². The first kappa shape index (κ1) is 28.3. The fraction of sp³-hybridized carbons (Fsp3) is 0.222. The minimum atomic E-state index is 0.210. The fourth-order valence-corrected chi connectivity index (χ4v) is 8.55. The number of allylic oxidation sites excluding steroid dienone is 5. The van der Waals surface area contributed by atoms with Gasteiger partial charge in [0.1, 0.15) is 5.84 Å². The van der Waals surface area contributed by atoms with E-state index in [0.717, 1.165) is 31.5 Å². The maximum atomic E-state index is 5.36. The number of amidine groups is 1. The Hall–Kier alpha value is -4.95. The Labute approximate surface area is 278 Å².